The molecule has 0 spiro atoms. The molecular formula is C19H19F3N2O4. The maximum atomic E-state index is 12.8. The van der Waals surface area contributed by atoms with Crippen LogP contribution in [0.3, 0.4) is 0 Å². The molecule has 0 radical (unpaired) electrons. The minimum atomic E-state index is -4.43. The molecule has 1 aliphatic heterocycles. The highest BCUT2D eigenvalue weighted by Gasteiger charge is 2.31. The average molecular weight is 396 g/mol. The molecule has 0 saturated carbocycles. The van der Waals surface area contributed by atoms with Crippen molar-refractivity contribution in [1.82, 2.24) is 9.47 Å². The fraction of sp³-hybridized carbons (Fsp3) is 0.368. The number of carbonyl (C=O) groups is 1. The van der Waals surface area contributed by atoms with Crippen LogP contribution < -0.4 is 5.43 Å². The second-order valence-corrected chi connectivity index (χ2v) is 6.77. The monoisotopic (exact) mass is 396 g/mol. The number of aromatic nitrogens is 1. The number of nitrogens with zero attached hydrogens (tertiary/aromatic N) is 2. The van der Waals surface area contributed by atoms with E-state index in [1.807, 2.05) is 0 Å². The zero-order chi connectivity index (χ0) is 20.5. The molecule has 0 bridgehead atoms. The van der Waals surface area contributed by atoms with Crippen LogP contribution in [0.15, 0.2) is 41.5 Å². The summed E-state index contributed by atoms with van der Waals surface area (Å²) in [6, 6.07) is 4.53. The molecule has 9 heteroatoms. The molecule has 150 valence electrons. The number of carboxylic acids is 1. The molecule has 0 amide bonds. The van der Waals surface area contributed by atoms with E-state index in [0.29, 0.717) is 5.56 Å². The molecule has 1 saturated heterocycles. The van der Waals surface area contributed by atoms with Crippen molar-refractivity contribution in [3.63, 3.8) is 0 Å². The second-order valence-electron chi connectivity index (χ2n) is 6.77. The van der Waals surface area contributed by atoms with Gasteiger partial charge in [0.2, 0.25) is 5.43 Å². The third kappa shape index (κ3) is 4.19. The van der Waals surface area contributed by atoms with Crippen LogP contribution in [0.4, 0.5) is 13.2 Å². The summed E-state index contributed by atoms with van der Waals surface area (Å²) in [5.74, 6) is -2.14. The molecule has 2 N–H and O–H groups in total. The van der Waals surface area contributed by atoms with E-state index in [0.717, 1.165) is 50.5 Å². The van der Waals surface area contributed by atoms with Gasteiger partial charge in [-0.15, -0.1) is 0 Å². The van der Waals surface area contributed by atoms with E-state index in [1.165, 1.54) is 16.7 Å². The van der Waals surface area contributed by atoms with Gasteiger partial charge in [0.1, 0.15) is 5.56 Å². The molecule has 1 aromatic carbocycles. The first-order valence-electron chi connectivity index (χ1n) is 8.74. The third-order valence-electron chi connectivity index (χ3n) is 4.88. The van der Waals surface area contributed by atoms with E-state index >= 15 is 0 Å². The lowest BCUT2D eigenvalue weighted by Gasteiger charge is -2.29. The highest BCUT2D eigenvalue weighted by molar-refractivity contribution is 5.87. The van der Waals surface area contributed by atoms with Crippen molar-refractivity contribution in [2.75, 3.05) is 13.1 Å². The predicted molar refractivity (Wildman–Crippen MR) is 94.3 cm³/mol. The molecule has 1 aromatic heterocycles. The van der Waals surface area contributed by atoms with Crippen molar-refractivity contribution in [2.24, 2.45) is 0 Å². The van der Waals surface area contributed by atoms with Crippen molar-refractivity contribution in [1.29, 1.82) is 0 Å². The highest BCUT2D eigenvalue weighted by Crippen LogP contribution is 2.32. The van der Waals surface area contributed by atoms with Crippen LogP contribution in [0.2, 0.25) is 0 Å². The van der Waals surface area contributed by atoms with Crippen LogP contribution in [0, 0.1) is 0 Å². The Morgan fingerprint density at radius 1 is 1.11 bits per heavy atom. The Hall–Kier alpha value is -2.81. The van der Waals surface area contributed by atoms with Crippen molar-refractivity contribution < 1.29 is 28.2 Å². The molecule has 2 heterocycles. The summed E-state index contributed by atoms with van der Waals surface area (Å²) in [6.07, 6.45) is -0.248. The van der Waals surface area contributed by atoms with Crippen LogP contribution in [0.5, 0.6) is 5.75 Å². The maximum absolute atomic E-state index is 12.8. The summed E-state index contributed by atoms with van der Waals surface area (Å²) in [5.41, 5.74) is -1.64. The number of carboxylic acid groups (broad SMARTS) is 1. The Balaban J connectivity index is 1.96. The summed E-state index contributed by atoms with van der Waals surface area (Å²) in [5, 5.41) is 18.9. The number of hydrogen-bond acceptors (Lipinski definition) is 4. The van der Waals surface area contributed by atoms with Gasteiger partial charge in [-0.25, -0.2) is 4.79 Å². The van der Waals surface area contributed by atoms with Gasteiger partial charge in [0.15, 0.2) is 5.75 Å². The molecule has 6 nitrogen and oxygen atoms in total. The number of hydrogen-bond donors (Lipinski definition) is 2. The SMILES string of the molecule is O=C(O)c1cn(CC(c2ccc(C(F)(F)F)cc2)N2CCCC2)cc(O)c1=O. The molecule has 1 aliphatic rings. The van der Waals surface area contributed by atoms with Crippen molar-refractivity contribution in [2.45, 2.75) is 31.6 Å². The molecule has 1 unspecified atom stereocenters. The molecular weight excluding hydrogens is 377 g/mol. The largest absolute Gasteiger partial charge is 0.503 e. The number of alkyl halides is 3. The van der Waals surface area contributed by atoms with Gasteiger partial charge in [0, 0.05) is 18.9 Å². The first-order valence-corrected chi connectivity index (χ1v) is 8.74. The molecule has 3 rings (SSSR count). The van der Waals surface area contributed by atoms with Gasteiger partial charge in [-0.05, 0) is 43.6 Å². The van der Waals surface area contributed by atoms with Crippen LogP contribution in [0.25, 0.3) is 0 Å². The maximum Gasteiger partial charge on any atom is 0.416 e. The van der Waals surface area contributed by atoms with Crippen LogP contribution in [-0.2, 0) is 12.7 Å². The third-order valence-corrected chi connectivity index (χ3v) is 4.88. The molecule has 1 atom stereocenters. The topological polar surface area (TPSA) is 82.8 Å². The van der Waals surface area contributed by atoms with Crippen LogP contribution in [0.1, 0.15) is 40.4 Å². The number of pyridine rings is 1. The zero-order valence-electron chi connectivity index (χ0n) is 14.8. The minimum Gasteiger partial charge on any atom is -0.503 e. The lowest BCUT2D eigenvalue weighted by Crippen LogP contribution is -2.30. The predicted octanol–water partition coefficient (Wildman–Crippen LogP) is 3.11. The Morgan fingerprint density at radius 2 is 1.71 bits per heavy atom. The normalized spacial score (nSPS) is 16.2. The first-order chi connectivity index (χ1) is 13.2. The van der Waals surface area contributed by atoms with Gasteiger partial charge in [0.05, 0.1) is 11.6 Å². The van der Waals surface area contributed by atoms with Gasteiger partial charge in [-0.1, -0.05) is 12.1 Å². The number of benzene rings is 1. The van der Waals surface area contributed by atoms with Gasteiger partial charge < -0.3 is 14.8 Å². The molecule has 1 fully saturated rings. The van der Waals surface area contributed by atoms with Gasteiger partial charge >= 0.3 is 12.1 Å². The van der Waals surface area contributed by atoms with Crippen LogP contribution >= 0.6 is 0 Å². The zero-order valence-corrected chi connectivity index (χ0v) is 14.8. The molecule has 0 aliphatic carbocycles. The average Bonchev–Trinajstić information content (AvgIpc) is 3.16. The number of aromatic hydroxyl groups is 1. The minimum absolute atomic E-state index is 0.180. The van der Waals surface area contributed by atoms with Crippen molar-refractivity contribution in [3.05, 3.63) is 63.6 Å². The summed E-state index contributed by atoms with van der Waals surface area (Å²) >= 11 is 0. The lowest BCUT2D eigenvalue weighted by molar-refractivity contribution is -0.137. The van der Waals surface area contributed by atoms with E-state index in [4.69, 9.17) is 5.11 Å². The fourth-order valence-corrected chi connectivity index (χ4v) is 3.45. The summed E-state index contributed by atoms with van der Waals surface area (Å²) in [4.78, 5) is 25.1. The first kappa shape index (κ1) is 19.9. The van der Waals surface area contributed by atoms with Crippen LogP contribution in [-0.4, -0.2) is 38.7 Å². The van der Waals surface area contributed by atoms with Crippen molar-refractivity contribution in [3.8, 4) is 5.75 Å². The highest BCUT2D eigenvalue weighted by atomic mass is 19.4. The fourth-order valence-electron chi connectivity index (χ4n) is 3.45. The Morgan fingerprint density at radius 3 is 2.25 bits per heavy atom. The number of aromatic carboxylic acids is 1. The van der Waals surface area contributed by atoms with E-state index in [-0.39, 0.29) is 12.6 Å². The Kier molecular flexibility index (Phi) is 5.46. The number of rotatable bonds is 5. The standard InChI is InChI=1S/C19H19F3N2O4/c20-19(21,22)13-5-3-12(4-6-13)15(24-7-1-2-8-24)10-23-9-14(18(27)28)17(26)16(25)11-23/h3-6,9,11,15,25H,1-2,7-8,10H2,(H,27,28). The van der Waals surface area contributed by atoms with Gasteiger partial charge in [-0.3, -0.25) is 9.69 Å². The summed E-state index contributed by atoms with van der Waals surface area (Å²) < 4.78 is 39.9. The van der Waals surface area contributed by atoms with Crippen molar-refractivity contribution >= 4 is 5.97 Å². The second kappa shape index (κ2) is 7.67. The molecule has 2 aromatic rings. The molecule has 28 heavy (non-hydrogen) atoms. The summed E-state index contributed by atoms with van der Waals surface area (Å²) in [7, 11) is 0. The Bertz CT molecular complexity index is 916. The summed E-state index contributed by atoms with van der Waals surface area (Å²) in [6.45, 7) is 1.69. The quantitative estimate of drug-likeness (QED) is 0.812. The van der Waals surface area contributed by atoms with E-state index in [2.05, 4.69) is 4.90 Å². The lowest BCUT2D eigenvalue weighted by atomic mass is 10.0. The number of halogens is 3. The van der Waals surface area contributed by atoms with Gasteiger partial charge in [0.25, 0.3) is 0 Å². The van der Waals surface area contributed by atoms with Gasteiger partial charge in [-0.2, -0.15) is 13.2 Å². The van der Waals surface area contributed by atoms with E-state index < -0.39 is 34.5 Å². The van der Waals surface area contributed by atoms with E-state index in [1.54, 1.807) is 0 Å². The smallest absolute Gasteiger partial charge is 0.416 e. The number of likely N-dealkylation sites (tertiary alicyclic amines) is 1. The Labute approximate surface area is 158 Å². The van der Waals surface area contributed by atoms with E-state index in [9.17, 15) is 27.9 Å².